The Morgan fingerprint density at radius 1 is 0.923 bits per heavy atom. The lowest BCUT2D eigenvalue weighted by Gasteiger charge is -2.32. The maximum Gasteiger partial charge on any atom is 0.494 e. The zero-order valence-corrected chi connectivity index (χ0v) is 16.7. The normalized spacial score (nSPS) is 18.3. The average molecular weight is 352 g/mol. The summed E-state index contributed by atoms with van der Waals surface area (Å²) in [5.74, 6) is 1.41. The molecule has 1 heterocycles. The largest absolute Gasteiger partial charge is 0.494 e. The predicted molar refractivity (Wildman–Crippen MR) is 107 cm³/mol. The molecule has 1 fully saturated rings. The number of rotatable bonds is 5. The number of benzene rings is 2. The molecule has 0 bridgehead atoms. The summed E-state index contributed by atoms with van der Waals surface area (Å²) in [5.41, 5.74) is 2.79. The Kier molecular flexibility index (Phi) is 5.18. The van der Waals surface area contributed by atoms with Crippen LogP contribution >= 0.6 is 0 Å². The molecule has 0 atom stereocenters. The van der Waals surface area contributed by atoms with E-state index in [1.54, 1.807) is 0 Å². The molecule has 4 heteroatoms. The molecule has 2 aromatic carbocycles. The first-order valence-corrected chi connectivity index (χ1v) is 9.35. The molecule has 1 aliphatic rings. The molecule has 26 heavy (non-hydrogen) atoms. The summed E-state index contributed by atoms with van der Waals surface area (Å²) in [7, 11) is -0.342. The average Bonchev–Trinajstić information content (AvgIpc) is 2.81. The molecule has 0 aromatic heterocycles. The van der Waals surface area contributed by atoms with Crippen LogP contribution in [0.25, 0.3) is 0 Å². The Hall–Kier alpha value is -1.78. The van der Waals surface area contributed by atoms with Crippen LogP contribution in [-0.4, -0.2) is 18.3 Å². The molecular weight excluding hydrogens is 323 g/mol. The van der Waals surface area contributed by atoms with Crippen molar-refractivity contribution < 1.29 is 14.0 Å². The molecule has 138 valence electrons. The minimum atomic E-state index is -0.342. The summed E-state index contributed by atoms with van der Waals surface area (Å²) in [4.78, 5) is 0. The molecule has 0 unspecified atom stereocenters. The second kappa shape index (κ2) is 7.09. The fraction of sp³-hybridized carbons (Fsp3) is 0.455. The molecule has 0 aliphatic carbocycles. The number of hydrogen-bond acceptors (Lipinski definition) is 3. The van der Waals surface area contributed by atoms with Crippen molar-refractivity contribution in [2.75, 3.05) is 0 Å². The molecule has 0 saturated carbocycles. The Morgan fingerprint density at radius 3 is 2.12 bits per heavy atom. The van der Waals surface area contributed by atoms with Crippen molar-refractivity contribution in [1.29, 1.82) is 0 Å². The van der Waals surface area contributed by atoms with Crippen LogP contribution in [-0.2, 0) is 15.9 Å². The summed E-state index contributed by atoms with van der Waals surface area (Å²) in [5, 5.41) is 0. The second-order valence-electron chi connectivity index (χ2n) is 8.35. The van der Waals surface area contributed by atoms with E-state index in [1.807, 2.05) is 24.3 Å². The number of ether oxygens (including phenoxy) is 1. The molecule has 3 nitrogen and oxygen atoms in total. The van der Waals surface area contributed by atoms with Gasteiger partial charge in [0.1, 0.15) is 12.4 Å². The summed E-state index contributed by atoms with van der Waals surface area (Å²) in [6.45, 7) is 13.2. The Bertz CT molecular complexity index is 734. The van der Waals surface area contributed by atoms with Gasteiger partial charge < -0.3 is 14.0 Å². The second-order valence-corrected chi connectivity index (χ2v) is 8.35. The van der Waals surface area contributed by atoms with Crippen LogP contribution in [0.15, 0.2) is 48.5 Å². The lowest BCUT2D eigenvalue weighted by molar-refractivity contribution is 0.00578. The smallest absolute Gasteiger partial charge is 0.489 e. The first kappa shape index (κ1) is 19.0. The quantitative estimate of drug-likeness (QED) is 0.731. The fourth-order valence-electron chi connectivity index (χ4n) is 2.92. The standard InChI is InChI=1S/C22H29BO3/c1-16(2)18-10-12-20(13-11-18)24-15-17-8-7-9-19(14-17)23-25-21(3,4)22(5,6)26-23/h7-14,16H,15H2,1-6H3. The van der Waals surface area contributed by atoms with Crippen LogP contribution in [0.1, 0.15) is 58.6 Å². The van der Waals surface area contributed by atoms with Crippen LogP contribution in [0, 0.1) is 0 Å². The van der Waals surface area contributed by atoms with E-state index in [4.69, 9.17) is 14.0 Å². The molecule has 0 radical (unpaired) electrons. The monoisotopic (exact) mass is 352 g/mol. The Balaban J connectivity index is 1.66. The maximum absolute atomic E-state index is 6.14. The van der Waals surface area contributed by atoms with Gasteiger partial charge in [0.25, 0.3) is 0 Å². The third kappa shape index (κ3) is 3.97. The van der Waals surface area contributed by atoms with E-state index >= 15 is 0 Å². The van der Waals surface area contributed by atoms with Crippen molar-refractivity contribution >= 4 is 12.6 Å². The van der Waals surface area contributed by atoms with Crippen molar-refractivity contribution in [3.63, 3.8) is 0 Å². The molecule has 0 spiro atoms. The van der Waals surface area contributed by atoms with Gasteiger partial charge in [-0.3, -0.25) is 0 Å². The summed E-state index contributed by atoms with van der Waals surface area (Å²) < 4.78 is 18.2. The van der Waals surface area contributed by atoms with E-state index < -0.39 is 0 Å². The van der Waals surface area contributed by atoms with Gasteiger partial charge in [-0.15, -0.1) is 0 Å². The third-order valence-electron chi connectivity index (χ3n) is 5.43. The molecular formula is C22H29BO3. The highest BCUT2D eigenvalue weighted by Crippen LogP contribution is 2.36. The van der Waals surface area contributed by atoms with E-state index in [1.165, 1.54) is 5.56 Å². The highest BCUT2D eigenvalue weighted by Gasteiger charge is 2.51. The van der Waals surface area contributed by atoms with E-state index in [9.17, 15) is 0 Å². The van der Waals surface area contributed by atoms with Gasteiger partial charge in [0, 0.05) is 0 Å². The highest BCUT2D eigenvalue weighted by atomic mass is 16.7. The lowest BCUT2D eigenvalue weighted by Crippen LogP contribution is -2.41. The minimum Gasteiger partial charge on any atom is -0.489 e. The van der Waals surface area contributed by atoms with Crippen molar-refractivity contribution in [1.82, 2.24) is 0 Å². The summed E-state index contributed by atoms with van der Waals surface area (Å²) in [6, 6.07) is 16.6. The van der Waals surface area contributed by atoms with Crippen LogP contribution in [0.5, 0.6) is 5.75 Å². The Morgan fingerprint density at radius 2 is 1.54 bits per heavy atom. The van der Waals surface area contributed by atoms with Gasteiger partial charge in [-0.05, 0) is 62.3 Å². The van der Waals surface area contributed by atoms with Gasteiger partial charge in [0.2, 0.25) is 0 Å². The van der Waals surface area contributed by atoms with Crippen molar-refractivity contribution in [2.45, 2.75) is 65.3 Å². The summed E-state index contributed by atoms with van der Waals surface area (Å²) in [6.07, 6.45) is 0. The van der Waals surface area contributed by atoms with Crippen LogP contribution in [0.3, 0.4) is 0 Å². The fourth-order valence-corrected chi connectivity index (χ4v) is 2.92. The first-order chi connectivity index (χ1) is 12.2. The predicted octanol–water partition coefficient (Wildman–Crippen LogP) is 4.69. The zero-order chi connectivity index (χ0) is 18.9. The van der Waals surface area contributed by atoms with Gasteiger partial charge in [0.05, 0.1) is 11.2 Å². The molecule has 0 N–H and O–H groups in total. The number of hydrogen-bond donors (Lipinski definition) is 0. The lowest BCUT2D eigenvalue weighted by atomic mass is 9.78. The minimum absolute atomic E-state index is 0.331. The van der Waals surface area contributed by atoms with E-state index in [0.29, 0.717) is 12.5 Å². The van der Waals surface area contributed by atoms with Crippen LogP contribution < -0.4 is 10.2 Å². The van der Waals surface area contributed by atoms with Gasteiger partial charge in [-0.1, -0.05) is 50.2 Å². The topological polar surface area (TPSA) is 27.7 Å². The van der Waals surface area contributed by atoms with Crippen molar-refractivity contribution in [3.8, 4) is 5.75 Å². The summed E-state index contributed by atoms with van der Waals surface area (Å²) >= 11 is 0. The SMILES string of the molecule is CC(C)c1ccc(OCc2cccc(B3OC(C)(C)C(C)(C)O3)c2)cc1. The van der Waals surface area contributed by atoms with E-state index in [2.05, 4.69) is 65.8 Å². The van der Waals surface area contributed by atoms with Crippen LogP contribution in [0.4, 0.5) is 0 Å². The van der Waals surface area contributed by atoms with Gasteiger partial charge in [-0.2, -0.15) is 0 Å². The van der Waals surface area contributed by atoms with Crippen molar-refractivity contribution in [2.24, 2.45) is 0 Å². The molecule has 2 aromatic rings. The molecule has 1 saturated heterocycles. The first-order valence-electron chi connectivity index (χ1n) is 9.35. The molecule has 1 aliphatic heterocycles. The van der Waals surface area contributed by atoms with Crippen molar-refractivity contribution in [3.05, 3.63) is 59.7 Å². The van der Waals surface area contributed by atoms with Gasteiger partial charge >= 0.3 is 7.12 Å². The molecule has 0 amide bonds. The van der Waals surface area contributed by atoms with E-state index in [-0.39, 0.29) is 18.3 Å². The van der Waals surface area contributed by atoms with Gasteiger partial charge in [-0.25, -0.2) is 0 Å². The molecule has 3 rings (SSSR count). The third-order valence-corrected chi connectivity index (χ3v) is 5.43. The Labute approximate surface area is 157 Å². The van der Waals surface area contributed by atoms with Gasteiger partial charge in [0.15, 0.2) is 0 Å². The highest BCUT2D eigenvalue weighted by molar-refractivity contribution is 6.62. The maximum atomic E-state index is 6.14. The van der Waals surface area contributed by atoms with Crippen LogP contribution in [0.2, 0.25) is 0 Å². The zero-order valence-electron chi connectivity index (χ0n) is 16.7. The van der Waals surface area contributed by atoms with E-state index in [0.717, 1.165) is 16.8 Å².